The lowest BCUT2D eigenvalue weighted by atomic mass is 9.97. The minimum atomic E-state index is -1.20. The quantitative estimate of drug-likeness (QED) is 0.372. The van der Waals surface area contributed by atoms with Crippen molar-refractivity contribution in [2.45, 2.75) is 69.8 Å². The smallest absolute Gasteiger partial charge is 0.408 e. The Morgan fingerprint density at radius 3 is 2.11 bits per heavy atom. The third-order valence-electron chi connectivity index (χ3n) is 7.28. The first kappa shape index (κ1) is 26.0. The van der Waals surface area contributed by atoms with Crippen LogP contribution in [0.25, 0.3) is 11.1 Å². The molecule has 2 unspecified atom stereocenters. The van der Waals surface area contributed by atoms with Crippen LogP contribution < -0.4 is 5.32 Å². The predicted molar refractivity (Wildman–Crippen MR) is 146 cm³/mol. The molecule has 2 atom stereocenters. The van der Waals surface area contributed by atoms with Gasteiger partial charge < -0.3 is 19.5 Å². The van der Waals surface area contributed by atoms with Crippen LogP contribution in [0.1, 0.15) is 62.6 Å². The molecular weight excluding hydrogens is 478 g/mol. The summed E-state index contributed by atoms with van der Waals surface area (Å²) in [5.74, 6) is -0.524. The van der Waals surface area contributed by atoms with Crippen LogP contribution in [0.3, 0.4) is 0 Å². The molecule has 1 amide bonds. The van der Waals surface area contributed by atoms with Crippen LogP contribution in [0, 0.1) is 0 Å². The molecule has 5 rings (SSSR count). The van der Waals surface area contributed by atoms with Crippen LogP contribution >= 0.6 is 0 Å². The summed E-state index contributed by atoms with van der Waals surface area (Å²) >= 11 is 0. The number of esters is 1. The minimum Gasteiger partial charge on any atom is -0.459 e. The van der Waals surface area contributed by atoms with E-state index in [-0.39, 0.29) is 30.8 Å². The monoisotopic (exact) mass is 513 g/mol. The molecule has 0 aromatic heterocycles. The number of nitrogens with one attached hydrogen (secondary N) is 1. The van der Waals surface area contributed by atoms with Crippen molar-refractivity contribution in [3.05, 3.63) is 95.6 Å². The summed E-state index contributed by atoms with van der Waals surface area (Å²) < 4.78 is 17.6. The summed E-state index contributed by atoms with van der Waals surface area (Å²) in [4.78, 5) is 26.6. The van der Waals surface area contributed by atoms with Crippen LogP contribution in [0.2, 0.25) is 0 Å². The molecule has 1 N–H and O–H groups in total. The van der Waals surface area contributed by atoms with Gasteiger partial charge in [-0.15, -0.1) is 0 Å². The topological polar surface area (TPSA) is 73.9 Å². The molecule has 1 fully saturated rings. The lowest BCUT2D eigenvalue weighted by molar-refractivity contribution is -0.153. The van der Waals surface area contributed by atoms with Crippen molar-refractivity contribution in [3.63, 3.8) is 0 Å². The molecule has 0 spiro atoms. The number of hydrogen-bond donors (Lipinski definition) is 1. The van der Waals surface area contributed by atoms with Crippen molar-refractivity contribution in [3.8, 4) is 11.1 Å². The molecule has 3 aromatic rings. The molecule has 2 aliphatic rings. The van der Waals surface area contributed by atoms with Gasteiger partial charge in [-0.2, -0.15) is 0 Å². The Bertz CT molecular complexity index is 1250. The van der Waals surface area contributed by atoms with E-state index in [0.717, 1.165) is 27.8 Å². The summed E-state index contributed by atoms with van der Waals surface area (Å²) in [5, 5.41) is 2.90. The van der Waals surface area contributed by atoms with Crippen molar-refractivity contribution in [1.29, 1.82) is 0 Å². The number of rotatable bonds is 7. The van der Waals surface area contributed by atoms with Gasteiger partial charge >= 0.3 is 12.1 Å². The largest absolute Gasteiger partial charge is 0.459 e. The van der Waals surface area contributed by atoms with Gasteiger partial charge in [0.2, 0.25) is 0 Å². The highest BCUT2D eigenvalue weighted by molar-refractivity contribution is 5.86. The number of carbonyl (C=O) groups excluding carboxylic acids is 2. The Morgan fingerprint density at radius 2 is 1.47 bits per heavy atom. The highest BCUT2D eigenvalue weighted by atomic mass is 16.6. The molecule has 0 saturated heterocycles. The first-order valence-corrected chi connectivity index (χ1v) is 13.3. The van der Waals surface area contributed by atoms with Crippen molar-refractivity contribution in [2.75, 3.05) is 6.61 Å². The maximum Gasteiger partial charge on any atom is 0.408 e. The number of alkyl carbamates (subject to hydrolysis) is 1. The molecule has 2 aliphatic carbocycles. The summed E-state index contributed by atoms with van der Waals surface area (Å²) in [6.07, 6.45) is 0.600. The summed E-state index contributed by atoms with van der Waals surface area (Å²) in [6, 6.07) is 25.9. The molecular formula is C32H35NO5. The lowest BCUT2D eigenvalue weighted by Gasteiger charge is -2.30. The van der Waals surface area contributed by atoms with E-state index in [2.05, 4.69) is 29.6 Å². The molecule has 3 aromatic carbocycles. The Morgan fingerprint density at radius 1 is 0.868 bits per heavy atom. The number of amides is 1. The van der Waals surface area contributed by atoms with Crippen LogP contribution in [0.4, 0.5) is 4.79 Å². The Hall–Kier alpha value is -3.64. The second-order valence-corrected chi connectivity index (χ2v) is 11.2. The van der Waals surface area contributed by atoms with Gasteiger partial charge in [0.25, 0.3) is 0 Å². The summed E-state index contributed by atoms with van der Waals surface area (Å²) in [7, 11) is 0. The SMILES string of the molecule is CC(C)(C)OC1CCC(NC(=O)OCC2c3ccccc3-c3ccccc32)(C(=O)OCc2ccccc2)C1. The normalized spacial score (nSPS) is 20.4. The lowest BCUT2D eigenvalue weighted by Crippen LogP contribution is -2.54. The third kappa shape index (κ3) is 5.60. The maximum atomic E-state index is 13.4. The number of hydrogen-bond acceptors (Lipinski definition) is 5. The fraction of sp³-hybridized carbons (Fsp3) is 0.375. The first-order chi connectivity index (χ1) is 18.2. The van der Waals surface area contributed by atoms with Gasteiger partial charge in [0.15, 0.2) is 0 Å². The van der Waals surface area contributed by atoms with Gasteiger partial charge in [-0.3, -0.25) is 0 Å². The molecule has 38 heavy (non-hydrogen) atoms. The minimum absolute atomic E-state index is 0.0605. The summed E-state index contributed by atoms with van der Waals surface area (Å²) in [5.41, 5.74) is 3.92. The standard InChI is InChI=1S/C32H35NO5/c1-31(2,3)38-23-17-18-32(19-23,29(34)36-20-22-11-5-4-6-12-22)33-30(35)37-21-28-26-15-9-7-13-24(26)25-14-8-10-16-27(25)28/h4-16,23,28H,17-21H2,1-3H3,(H,33,35). The second-order valence-electron chi connectivity index (χ2n) is 11.2. The van der Waals surface area contributed by atoms with E-state index in [1.54, 1.807) is 0 Å². The molecule has 0 radical (unpaired) electrons. The van der Waals surface area contributed by atoms with E-state index in [4.69, 9.17) is 14.2 Å². The van der Waals surface area contributed by atoms with E-state index in [1.807, 2.05) is 75.4 Å². The van der Waals surface area contributed by atoms with E-state index in [9.17, 15) is 9.59 Å². The van der Waals surface area contributed by atoms with Crippen molar-refractivity contribution in [2.24, 2.45) is 0 Å². The predicted octanol–water partition coefficient (Wildman–Crippen LogP) is 6.37. The molecule has 6 nitrogen and oxygen atoms in total. The fourth-order valence-corrected chi connectivity index (χ4v) is 5.64. The Balaban J connectivity index is 1.29. The molecule has 0 aliphatic heterocycles. The van der Waals surface area contributed by atoms with E-state index < -0.39 is 17.6 Å². The van der Waals surface area contributed by atoms with Gasteiger partial charge in [-0.05, 0) is 61.4 Å². The maximum absolute atomic E-state index is 13.4. The summed E-state index contributed by atoms with van der Waals surface area (Å²) in [6.45, 7) is 6.27. The van der Waals surface area contributed by atoms with Crippen molar-refractivity contribution < 1.29 is 23.8 Å². The Kier molecular flexibility index (Phi) is 7.26. The average molecular weight is 514 g/mol. The average Bonchev–Trinajstić information content (AvgIpc) is 3.45. The van der Waals surface area contributed by atoms with Crippen molar-refractivity contribution >= 4 is 12.1 Å². The zero-order valence-corrected chi connectivity index (χ0v) is 22.2. The number of benzene rings is 3. The van der Waals surface area contributed by atoms with Gasteiger partial charge in [0, 0.05) is 12.3 Å². The number of ether oxygens (including phenoxy) is 3. The Labute approximate surface area is 224 Å². The molecule has 6 heteroatoms. The zero-order valence-electron chi connectivity index (χ0n) is 22.2. The molecule has 0 heterocycles. The van der Waals surface area contributed by atoms with Crippen LogP contribution in [-0.2, 0) is 25.6 Å². The molecule has 0 bridgehead atoms. The van der Waals surface area contributed by atoms with Gasteiger partial charge in [0.05, 0.1) is 11.7 Å². The van der Waals surface area contributed by atoms with Crippen molar-refractivity contribution in [1.82, 2.24) is 5.32 Å². The third-order valence-corrected chi connectivity index (χ3v) is 7.28. The van der Waals surface area contributed by atoms with E-state index in [1.165, 1.54) is 0 Å². The first-order valence-electron chi connectivity index (χ1n) is 13.3. The highest BCUT2D eigenvalue weighted by Gasteiger charge is 2.49. The van der Waals surface area contributed by atoms with Crippen LogP contribution in [-0.4, -0.2) is 35.9 Å². The van der Waals surface area contributed by atoms with E-state index in [0.29, 0.717) is 19.3 Å². The second kappa shape index (κ2) is 10.6. The highest BCUT2D eigenvalue weighted by Crippen LogP contribution is 2.44. The molecule has 1 saturated carbocycles. The zero-order chi connectivity index (χ0) is 26.8. The number of carbonyl (C=O) groups is 2. The fourth-order valence-electron chi connectivity index (χ4n) is 5.64. The number of fused-ring (bicyclic) bond motifs is 3. The van der Waals surface area contributed by atoms with Gasteiger partial charge in [-0.25, -0.2) is 9.59 Å². The molecule has 198 valence electrons. The van der Waals surface area contributed by atoms with Crippen LogP contribution in [0.15, 0.2) is 78.9 Å². The van der Waals surface area contributed by atoms with E-state index >= 15 is 0 Å². The van der Waals surface area contributed by atoms with Crippen LogP contribution in [0.5, 0.6) is 0 Å². The van der Waals surface area contributed by atoms with Gasteiger partial charge in [-0.1, -0.05) is 78.9 Å². The van der Waals surface area contributed by atoms with Gasteiger partial charge in [0.1, 0.15) is 18.8 Å².